The number of carbonyl (C=O) groups excluding carboxylic acids is 1. The quantitative estimate of drug-likeness (QED) is 0.601. The van der Waals surface area contributed by atoms with E-state index in [1.54, 1.807) is 23.1 Å². The van der Waals surface area contributed by atoms with Gasteiger partial charge in [0.2, 0.25) is 10.0 Å². The monoisotopic (exact) mass is 478 g/mol. The second-order valence-corrected chi connectivity index (χ2v) is 10.6. The number of benzene rings is 2. The molecule has 0 unspecified atom stereocenters. The number of hydrogen-bond acceptors (Lipinski definition) is 5. The Bertz CT molecular complexity index is 1390. The van der Waals surface area contributed by atoms with Gasteiger partial charge in [0, 0.05) is 35.8 Å². The van der Waals surface area contributed by atoms with Crippen molar-refractivity contribution in [1.29, 1.82) is 5.26 Å². The van der Waals surface area contributed by atoms with E-state index in [0.717, 1.165) is 47.7 Å². The highest BCUT2D eigenvalue weighted by atomic mass is 32.2. The van der Waals surface area contributed by atoms with Crippen molar-refractivity contribution >= 4 is 32.5 Å². The van der Waals surface area contributed by atoms with Crippen LogP contribution in [0.1, 0.15) is 41.2 Å². The predicted octanol–water partition coefficient (Wildman–Crippen LogP) is 3.75. The van der Waals surface area contributed by atoms with Crippen LogP contribution in [0.5, 0.6) is 0 Å². The Hall–Kier alpha value is -3.35. The number of ether oxygens (including phenoxy) is 1. The van der Waals surface area contributed by atoms with Gasteiger partial charge in [0.25, 0.3) is 5.91 Å². The summed E-state index contributed by atoms with van der Waals surface area (Å²) in [6.07, 6.45) is 4.25. The number of amides is 1. The molecule has 0 atom stereocenters. The van der Waals surface area contributed by atoms with Gasteiger partial charge >= 0.3 is 0 Å². The minimum Gasteiger partial charge on any atom is -0.378 e. The van der Waals surface area contributed by atoms with Crippen molar-refractivity contribution in [3.05, 3.63) is 53.6 Å². The van der Waals surface area contributed by atoms with Gasteiger partial charge in [-0.2, -0.15) is 5.26 Å². The second-order valence-electron chi connectivity index (χ2n) is 8.88. The molecule has 2 aromatic carbocycles. The van der Waals surface area contributed by atoms with Crippen LogP contribution >= 0.6 is 0 Å². The summed E-state index contributed by atoms with van der Waals surface area (Å²) in [6.45, 7) is 2.23. The lowest BCUT2D eigenvalue weighted by Crippen LogP contribution is -2.40. The van der Waals surface area contributed by atoms with Crippen molar-refractivity contribution in [2.24, 2.45) is 0 Å². The van der Waals surface area contributed by atoms with E-state index >= 15 is 0 Å². The van der Waals surface area contributed by atoms with Crippen molar-refractivity contribution in [1.82, 2.24) is 9.47 Å². The van der Waals surface area contributed by atoms with Crippen molar-refractivity contribution in [3.63, 3.8) is 0 Å². The molecule has 34 heavy (non-hydrogen) atoms. The van der Waals surface area contributed by atoms with Gasteiger partial charge in [-0.15, -0.1) is 0 Å². The number of anilines is 1. The minimum absolute atomic E-state index is 0.0252. The van der Waals surface area contributed by atoms with E-state index in [1.807, 2.05) is 24.3 Å². The zero-order valence-corrected chi connectivity index (χ0v) is 19.8. The third-order valence-electron chi connectivity index (χ3n) is 6.56. The molecule has 1 aromatic heterocycles. The standard InChI is InChI=1S/C25H26N4O4S/c1-34(31,32)27-19-8-5-17(6-9-19)24-22(16-26)21-10-7-18(25(30)28-11-13-33-14-12-28)15-23(21)29(24)20-3-2-4-20/h5-10,15,20,27H,2-4,11-14H2,1H3. The summed E-state index contributed by atoms with van der Waals surface area (Å²) in [6, 6.07) is 15.3. The van der Waals surface area contributed by atoms with Crippen molar-refractivity contribution in [2.75, 3.05) is 37.3 Å². The Labute approximate surface area is 198 Å². The molecule has 1 saturated carbocycles. The predicted molar refractivity (Wildman–Crippen MR) is 130 cm³/mol. The van der Waals surface area contributed by atoms with E-state index in [-0.39, 0.29) is 11.9 Å². The van der Waals surface area contributed by atoms with Gasteiger partial charge in [0.1, 0.15) is 6.07 Å². The largest absolute Gasteiger partial charge is 0.378 e. The average molecular weight is 479 g/mol. The van der Waals surface area contributed by atoms with E-state index in [4.69, 9.17) is 4.74 Å². The summed E-state index contributed by atoms with van der Waals surface area (Å²) < 4.78 is 33.2. The molecule has 1 saturated heterocycles. The Morgan fingerprint density at radius 1 is 1.12 bits per heavy atom. The van der Waals surface area contributed by atoms with E-state index in [2.05, 4.69) is 15.4 Å². The fraction of sp³-hybridized carbons (Fsp3) is 0.360. The van der Waals surface area contributed by atoms with Crippen LogP contribution < -0.4 is 4.72 Å². The Morgan fingerprint density at radius 2 is 1.82 bits per heavy atom. The summed E-state index contributed by atoms with van der Waals surface area (Å²) in [7, 11) is -3.38. The molecule has 1 amide bonds. The van der Waals surface area contributed by atoms with E-state index < -0.39 is 10.0 Å². The molecule has 2 heterocycles. The number of nitrogens with one attached hydrogen (secondary N) is 1. The Balaban J connectivity index is 1.62. The summed E-state index contributed by atoms with van der Waals surface area (Å²) in [5.74, 6) is -0.0252. The number of sulfonamides is 1. The summed E-state index contributed by atoms with van der Waals surface area (Å²) in [4.78, 5) is 14.9. The van der Waals surface area contributed by atoms with Gasteiger partial charge in [0.15, 0.2) is 0 Å². The molecule has 0 radical (unpaired) electrons. The molecule has 176 valence electrons. The number of nitriles is 1. The molecule has 2 aliphatic rings. The lowest BCUT2D eigenvalue weighted by molar-refractivity contribution is 0.0303. The Kier molecular flexibility index (Phi) is 5.80. The maximum atomic E-state index is 13.1. The molecule has 5 rings (SSSR count). The number of hydrogen-bond donors (Lipinski definition) is 1. The lowest BCUT2D eigenvalue weighted by Gasteiger charge is -2.30. The first-order valence-corrected chi connectivity index (χ1v) is 13.3. The fourth-order valence-corrected chi connectivity index (χ4v) is 5.29. The molecule has 0 bridgehead atoms. The first-order valence-electron chi connectivity index (χ1n) is 11.4. The third kappa shape index (κ3) is 4.15. The van der Waals surface area contributed by atoms with Crippen LogP contribution in [0.25, 0.3) is 22.2 Å². The molecular weight excluding hydrogens is 452 g/mol. The van der Waals surface area contributed by atoms with E-state index in [0.29, 0.717) is 43.1 Å². The van der Waals surface area contributed by atoms with Gasteiger partial charge in [-0.1, -0.05) is 18.2 Å². The lowest BCUT2D eigenvalue weighted by atomic mass is 9.92. The van der Waals surface area contributed by atoms with Gasteiger partial charge in [-0.25, -0.2) is 8.42 Å². The van der Waals surface area contributed by atoms with E-state index in [9.17, 15) is 18.5 Å². The van der Waals surface area contributed by atoms with Crippen LogP contribution in [-0.2, 0) is 14.8 Å². The highest BCUT2D eigenvalue weighted by Crippen LogP contribution is 2.43. The number of aromatic nitrogens is 1. The molecular formula is C25H26N4O4S. The molecule has 9 heteroatoms. The second kappa shape index (κ2) is 8.78. The smallest absolute Gasteiger partial charge is 0.254 e. The third-order valence-corrected chi connectivity index (χ3v) is 7.17. The summed E-state index contributed by atoms with van der Waals surface area (Å²) in [5.41, 5.74) is 4.17. The van der Waals surface area contributed by atoms with Crippen LogP contribution in [0.15, 0.2) is 42.5 Å². The Morgan fingerprint density at radius 3 is 2.41 bits per heavy atom. The van der Waals surface area contributed by atoms with Gasteiger partial charge in [-0.05, 0) is 49.1 Å². The maximum absolute atomic E-state index is 13.1. The van der Waals surface area contributed by atoms with Crippen molar-refractivity contribution < 1.29 is 17.9 Å². The number of fused-ring (bicyclic) bond motifs is 1. The van der Waals surface area contributed by atoms with Gasteiger partial charge < -0.3 is 14.2 Å². The molecule has 0 spiro atoms. The number of rotatable bonds is 5. The maximum Gasteiger partial charge on any atom is 0.254 e. The van der Waals surface area contributed by atoms with Crippen molar-refractivity contribution in [2.45, 2.75) is 25.3 Å². The molecule has 1 N–H and O–H groups in total. The minimum atomic E-state index is -3.38. The van der Waals surface area contributed by atoms with Crippen LogP contribution in [0.2, 0.25) is 0 Å². The SMILES string of the molecule is CS(=O)(=O)Nc1ccc(-c2c(C#N)c3ccc(C(=O)N4CCOCC4)cc3n2C2CCC2)cc1. The zero-order chi connectivity index (χ0) is 23.9. The number of nitrogens with zero attached hydrogens (tertiary/aromatic N) is 3. The molecule has 2 fully saturated rings. The molecule has 1 aliphatic carbocycles. The molecule has 8 nitrogen and oxygen atoms in total. The highest BCUT2D eigenvalue weighted by Gasteiger charge is 2.29. The van der Waals surface area contributed by atoms with Gasteiger partial charge in [0.05, 0.1) is 36.2 Å². The normalized spacial score (nSPS) is 16.8. The van der Waals surface area contributed by atoms with Crippen LogP contribution in [-0.4, -0.2) is 56.4 Å². The zero-order valence-electron chi connectivity index (χ0n) is 19.0. The first-order chi connectivity index (χ1) is 16.4. The summed E-state index contributed by atoms with van der Waals surface area (Å²) >= 11 is 0. The van der Waals surface area contributed by atoms with Crippen LogP contribution in [0.4, 0.5) is 5.69 Å². The average Bonchev–Trinajstić information content (AvgIpc) is 3.11. The summed E-state index contributed by atoms with van der Waals surface area (Å²) in [5, 5.41) is 10.9. The topological polar surface area (TPSA) is 104 Å². The van der Waals surface area contributed by atoms with E-state index in [1.165, 1.54) is 0 Å². The van der Waals surface area contributed by atoms with Crippen LogP contribution in [0.3, 0.4) is 0 Å². The number of morpholine rings is 1. The molecule has 1 aliphatic heterocycles. The van der Waals surface area contributed by atoms with Crippen molar-refractivity contribution in [3.8, 4) is 17.3 Å². The highest BCUT2D eigenvalue weighted by molar-refractivity contribution is 7.92. The fourth-order valence-electron chi connectivity index (χ4n) is 4.72. The number of carbonyl (C=O) groups is 1. The molecule has 3 aromatic rings. The van der Waals surface area contributed by atoms with Crippen LogP contribution in [0, 0.1) is 11.3 Å². The van der Waals surface area contributed by atoms with Gasteiger partial charge in [-0.3, -0.25) is 9.52 Å². The first kappa shape index (κ1) is 22.4.